The lowest BCUT2D eigenvalue weighted by Gasteiger charge is -2.11. The monoisotopic (exact) mass is 342 g/mol. The third kappa shape index (κ3) is 4.48. The molecule has 0 spiro atoms. The predicted molar refractivity (Wildman–Crippen MR) is 79.7 cm³/mol. The second-order valence-corrected chi connectivity index (χ2v) is 5.14. The van der Waals surface area contributed by atoms with Gasteiger partial charge >= 0.3 is 12.2 Å². The number of halogens is 3. The molecule has 0 fully saturated rings. The molecule has 0 aliphatic heterocycles. The Balaban J connectivity index is 1.92. The number of urea groups is 1. The fourth-order valence-corrected chi connectivity index (χ4v) is 2.20. The second kappa shape index (κ2) is 7.35. The standard InChI is InChI=1S/C15H17F3N4O2/c1-22-8-12(13(21-22)15(16,17)18)7-20-14(24)19-6-10-4-2-3-5-11(10)9-23/h2-5,8,23H,6-7,9H2,1H3,(H2,19,20,24). The lowest BCUT2D eigenvalue weighted by atomic mass is 10.1. The topological polar surface area (TPSA) is 79.2 Å². The zero-order valence-corrected chi connectivity index (χ0v) is 12.9. The van der Waals surface area contributed by atoms with E-state index in [2.05, 4.69) is 15.7 Å². The van der Waals surface area contributed by atoms with Crippen LogP contribution in [0.15, 0.2) is 30.5 Å². The molecular formula is C15H17F3N4O2. The Bertz CT molecular complexity index is 713. The first-order valence-electron chi connectivity index (χ1n) is 7.10. The number of aliphatic hydroxyl groups is 1. The molecule has 0 bridgehead atoms. The Morgan fingerprint density at radius 2 is 1.75 bits per heavy atom. The number of amides is 2. The molecule has 9 heteroatoms. The van der Waals surface area contributed by atoms with Crippen LogP contribution in [0.5, 0.6) is 0 Å². The van der Waals surface area contributed by atoms with Crippen molar-refractivity contribution >= 4 is 6.03 Å². The van der Waals surface area contributed by atoms with Crippen LogP contribution < -0.4 is 10.6 Å². The van der Waals surface area contributed by atoms with Crippen LogP contribution in [0.1, 0.15) is 22.4 Å². The summed E-state index contributed by atoms with van der Waals surface area (Å²) >= 11 is 0. The van der Waals surface area contributed by atoms with Crippen LogP contribution in [0.3, 0.4) is 0 Å². The number of hydrogen-bond acceptors (Lipinski definition) is 3. The van der Waals surface area contributed by atoms with Gasteiger partial charge in [0.15, 0.2) is 5.69 Å². The van der Waals surface area contributed by atoms with Gasteiger partial charge in [-0.3, -0.25) is 4.68 Å². The zero-order chi connectivity index (χ0) is 17.7. The van der Waals surface area contributed by atoms with Gasteiger partial charge in [-0.2, -0.15) is 18.3 Å². The lowest BCUT2D eigenvalue weighted by molar-refractivity contribution is -0.142. The summed E-state index contributed by atoms with van der Waals surface area (Å²) < 4.78 is 39.5. The fraction of sp³-hybridized carbons (Fsp3) is 0.333. The highest BCUT2D eigenvalue weighted by atomic mass is 19.4. The maximum Gasteiger partial charge on any atom is 0.435 e. The van der Waals surface area contributed by atoms with Crippen molar-refractivity contribution in [1.29, 1.82) is 0 Å². The molecular weight excluding hydrogens is 325 g/mol. The van der Waals surface area contributed by atoms with Crippen molar-refractivity contribution in [2.45, 2.75) is 25.9 Å². The molecule has 3 N–H and O–H groups in total. The van der Waals surface area contributed by atoms with Gasteiger partial charge in [0, 0.05) is 31.9 Å². The molecule has 6 nitrogen and oxygen atoms in total. The first-order valence-corrected chi connectivity index (χ1v) is 7.10. The van der Waals surface area contributed by atoms with Crippen molar-refractivity contribution in [2.24, 2.45) is 7.05 Å². The van der Waals surface area contributed by atoms with Gasteiger partial charge in [0.1, 0.15) is 0 Å². The van der Waals surface area contributed by atoms with Gasteiger partial charge in [0.25, 0.3) is 0 Å². The van der Waals surface area contributed by atoms with E-state index in [0.29, 0.717) is 5.56 Å². The highest BCUT2D eigenvalue weighted by molar-refractivity contribution is 5.73. The van der Waals surface area contributed by atoms with E-state index in [1.54, 1.807) is 24.3 Å². The molecule has 0 aliphatic carbocycles. The van der Waals surface area contributed by atoms with Gasteiger partial charge in [-0.25, -0.2) is 4.79 Å². The van der Waals surface area contributed by atoms with Crippen LogP contribution in [0, 0.1) is 0 Å². The maximum atomic E-state index is 12.8. The van der Waals surface area contributed by atoms with Gasteiger partial charge in [-0.05, 0) is 11.1 Å². The van der Waals surface area contributed by atoms with E-state index in [1.807, 2.05) is 0 Å². The number of benzene rings is 1. The quantitative estimate of drug-likeness (QED) is 0.777. The van der Waals surface area contributed by atoms with Gasteiger partial charge in [-0.15, -0.1) is 0 Å². The second-order valence-electron chi connectivity index (χ2n) is 5.14. The predicted octanol–water partition coefficient (Wildman–Crippen LogP) is 1.93. The largest absolute Gasteiger partial charge is 0.435 e. The third-order valence-electron chi connectivity index (χ3n) is 3.34. The highest BCUT2D eigenvalue weighted by Crippen LogP contribution is 2.30. The molecule has 0 atom stereocenters. The summed E-state index contributed by atoms with van der Waals surface area (Å²) in [7, 11) is 1.38. The molecule has 0 radical (unpaired) electrons. The number of aliphatic hydroxyl groups excluding tert-OH is 1. The van der Waals surface area contributed by atoms with E-state index < -0.39 is 17.9 Å². The van der Waals surface area contributed by atoms with Gasteiger partial charge in [0.2, 0.25) is 0 Å². The highest BCUT2D eigenvalue weighted by Gasteiger charge is 2.36. The number of hydrogen-bond donors (Lipinski definition) is 3. The molecule has 0 saturated carbocycles. The first-order chi connectivity index (χ1) is 11.3. The normalized spacial score (nSPS) is 11.4. The molecule has 0 unspecified atom stereocenters. The van der Waals surface area contributed by atoms with Crippen molar-refractivity contribution in [3.8, 4) is 0 Å². The van der Waals surface area contributed by atoms with Crippen molar-refractivity contribution in [3.63, 3.8) is 0 Å². The minimum Gasteiger partial charge on any atom is -0.392 e. The number of alkyl halides is 3. The van der Waals surface area contributed by atoms with Gasteiger partial charge in [-0.1, -0.05) is 24.3 Å². The first kappa shape index (κ1) is 17.8. The van der Waals surface area contributed by atoms with E-state index in [4.69, 9.17) is 0 Å². The maximum absolute atomic E-state index is 12.8. The van der Waals surface area contributed by atoms with Gasteiger partial charge in [0.05, 0.1) is 6.61 Å². The summed E-state index contributed by atoms with van der Waals surface area (Å²) in [4.78, 5) is 11.8. The van der Waals surface area contributed by atoms with E-state index >= 15 is 0 Å². The molecule has 0 saturated heterocycles. The Morgan fingerprint density at radius 1 is 1.17 bits per heavy atom. The summed E-state index contributed by atoms with van der Waals surface area (Å²) in [5.41, 5.74) is 0.267. The van der Waals surface area contributed by atoms with Crippen LogP contribution in [0.4, 0.5) is 18.0 Å². The van der Waals surface area contributed by atoms with Crippen LogP contribution in [0.25, 0.3) is 0 Å². The van der Waals surface area contributed by atoms with Crippen molar-refractivity contribution in [3.05, 3.63) is 52.8 Å². The average Bonchev–Trinajstić information content (AvgIpc) is 2.92. The number of carbonyl (C=O) groups is 1. The molecule has 0 aliphatic rings. The van der Waals surface area contributed by atoms with Crippen LogP contribution in [-0.2, 0) is 32.9 Å². The Hall–Kier alpha value is -2.55. The van der Waals surface area contributed by atoms with E-state index in [9.17, 15) is 23.1 Å². The Kier molecular flexibility index (Phi) is 5.45. The number of aromatic nitrogens is 2. The summed E-state index contributed by atoms with van der Waals surface area (Å²) in [6, 6.07) is 6.38. The summed E-state index contributed by atoms with van der Waals surface area (Å²) in [6.07, 6.45) is -3.36. The molecule has 130 valence electrons. The molecule has 2 aromatic rings. The van der Waals surface area contributed by atoms with Crippen LogP contribution in [0.2, 0.25) is 0 Å². The number of carbonyl (C=O) groups excluding carboxylic acids is 1. The van der Waals surface area contributed by atoms with E-state index in [1.165, 1.54) is 13.2 Å². The Morgan fingerprint density at radius 3 is 2.33 bits per heavy atom. The summed E-state index contributed by atoms with van der Waals surface area (Å²) in [6.45, 7) is -0.304. The van der Waals surface area contributed by atoms with E-state index in [-0.39, 0.29) is 25.3 Å². The van der Waals surface area contributed by atoms with Crippen LogP contribution >= 0.6 is 0 Å². The van der Waals surface area contributed by atoms with Gasteiger partial charge < -0.3 is 15.7 Å². The molecule has 24 heavy (non-hydrogen) atoms. The average molecular weight is 342 g/mol. The molecule has 2 amide bonds. The van der Waals surface area contributed by atoms with Crippen molar-refractivity contribution < 1.29 is 23.1 Å². The smallest absolute Gasteiger partial charge is 0.392 e. The fourth-order valence-electron chi connectivity index (χ4n) is 2.20. The number of rotatable bonds is 5. The van der Waals surface area contributed by atoms with Crippen molar-refractivity contribution in [2.75, 3.05) is 0 Å². The number of nitrogens with zero attached hydrogens (tertiary/aromatic N) is 2. The minimum atomic E-state index is -4.57. The molecule has 1 aromatic carbocycles. The SMILES string of the molecule is Cn1cc(CNC(=O)NCc2ccccc2CO)c(C(F)(F)F)n1. The van der Waals surface area contributed by atoms with E-state index in [0.717, 1.165) is 10.2 Å². The number of nitrogens with one attached hydrogen (secondary N) is 2. The van der Waals surface area contributed by atoms with Crippen molar-refractivity contribution in [1.82, 2.24) is 20.4 Å². The molecule has 1 aromatic heterocycles. The summed E-state index contributed by atoms with van der Waals surface area (Å²) in [5, 5.41) is 17.5. The zero-order valence-electron chi connectivity index (χ0n) is 12.9. The summed E-state index contributed by atoms with van der Waals surface area (Å²) in [5.74, 6) is 0. The molecule has 2 rings (SSSR count). The number of aryl methyl sites for hydroxylation is 1. The lowest BCUT2D eigenvalue weighted by Crippen LogP contribution is -2.35. The van der Waals surface area contributed by atoms with Crippen LogP contribution in [-0.4, -0.2) is 20.9 Å². The third-order valence-corrected chi connectivity index (χ3v) is 3.34. The molecule has 1 heterocycles. The Labute approximate surface area is 136 Å². The minimum absolute atomic E-state index is 0.115.